The molecule has 0 aliphatic carbocycles. The van der Waals surface area contributed by atoms with Crippen molar-refractivity contribution in [3.8, 4) is 5.69 Å². The second-order valence-corrected chi connectivity index (χ2v) is 8.14. The Bertz CT molecular complexity index is 1300. The van der Waals surface area contributed by atoms with Crippen LogP contribution in [0.15, 0.2) is 58.6 Å². The summed E-state index contributed by atoms with van der Waals surface area (Å²) in [5.74, 6) is -0.317. The van der Waals surface area contributed by atoms with Crippen molar-refractivity contribution in [2.75, 3.05) is 11.1 Å². The van der Waals surface area contributed by atoms with Crippen molar-refractivity contribution in [2.45, 2.75) is 12.1 Å². The molecule has 152 valence electrons. The molecule has 4 aromatic rings. The summed E-state index contributed by atoms with van der Waals surface area (Å²) in [7, 11) is 0. The molecule has 2 heterocycles. The SMILES string of the molecule is Cc1ccc(Cl)c(NC(=O)CSc2nc3c(cnn3-c3ccccc3)c(=O)[nH]2)c1Cl. The molecule has 10 heteroatoms. The Labute approximate surface area is 185 Å². The lowest BCUT2D eigenvalue weighted by Gasteiger charge is -2.11. The molecule has 1 amide bonds. The van der Waals surface area contributed by atoms with Crippen molar-refractivity contribution in [3.05, 3.63) is 74.6 Å². The van der Waals surface area contributed by atoms with Crippen LogP contribution in [0.25, 0.3) is 16.7 Å². The van der Waals surface area contributed by atoms with Crippen LogP contribution in [0.5, 0.6) is 0 Å². The van der Waals surface area contributed by atoms with Crippen molar-refractivity contribution < 1.29 is 4.79 Å². The van der Waals surface area contributed by atoms with Gasteiger partial charge in [-0.15, -0.1) is 0 Å². The van der Waals surface area contributed by atoms with Gasteiger partial charge in [-0.1, -0.05) is 59.2 Å². The van der Waals surface area contributed by atoms with E-state index in [9.17, 15) is 9.59 Å². The van der Waals surface area contributed by atoms with E-state index in [0.717, 1.165) is 23.0 Å². The first-order valence-electron chi connectivity index (χ1n) is 8.85. The molecular formula is C20H15Cl2N5O2S. The van der Waals surface area contributed by atoms with Gasteiger partial charge in [0.1, 0.15) is 5.39 Å². The summed E-state index contributed by atoms with van der Waals surface area (Å²) in [6.07, 6.45) is 1.47. The van der Waals surface area contributed by atoms with Gasteiger partial charge >= 0.3 is 0 Å². The molecule has 2 aromatic carbocycles. The minimum atomic E-state index is -0.325. The number of H-pyrrole nitrogens is 1. The molecule has 0 bridgehead atoms. The van der Waals surface area contributed by atoms with E-state index in [2.05, 4.69) is 20.4 Å². The highest BCUT2D eigenvalue weighted by atomic mass is 35.5. The lowest BCUT2D eigenvalue weighted by Crippen LogP contribution is -2.16. The molecule has 0 aliphatic heterocycles. The molecule has 0 spiro atoms. The number of benzene rings is 2. The molecule has 0 radical (unpaired) electrons. The number of halogens is 2. The molecule has 2 N–H and O–H groups in total. The van der Waals surface area contributed by atoms with Gasteiger partial charge in [0.2, 0.25) is 5.91 Å². The molecule has 0 atom stereocenters. The van der Waals surface area contributed by atoms with E-state index in [1.165, 1.54) is 6.20 Å². The van der Waals surface area contributed by atoms with E-state index in [0.29, 0.717) is 31.9 Å². The highest BCUT2D eigenvalue weighted by Crippen LogP contribution is 2.33. The van der Waals surface area contributed by atoms with Crippen LogP contribution in [0.2, 0.25) is 10.0 Å². The van der Waals surface area contributed by atoms with E-state index in [-0.39, 0.29) is 17.2 Å². The molecule has 0 saturated carbocycles. The van der Waals surface area contributed by atoms with Crippen molar-refractivity contribution in [1.82, 2.24) is 19.7 Å². The summed E-state index contributed by atoms with van der Waals surface area (Å²) in [5, 5.41) is 8.39. The quantitative estimate of drug-likeness (QED) is 0.339. The summed E-state index contributed by atoms with van der Waals surface area (Å²) >= 11 is 13.5. The average molecular weight is 460 g/mol. The summed E-state index contributed by atoms with van der Waals surface area (Å²) in [6.45, 7) is 1.82. The van der Waals surface area contributed by atoms with Gasteiger partial charge in [-0.25, -0.2) is 9.67 Å². The van der Waals surface area contributed by atoms with Gasteiger partial charge in [0, 0.05) is 0 Å². The third-order valence-corrected chi connectivity index (χ3v) is 5.98. The van der Waals surface area contributed by atoms with Crippen molar-refractivity contribution in [3.63, 3.8) is 0 Å². The highest BCUT2D eigenvalue weighted by Gasteiger charge is 2.15. The zero-order valence-corrected chi connectivity index (χ0v) is 18.0. The largest absolute Gasteiger partial charge is 0.323 e. The predicted molar refractivity (Wildman–Crippen MR) is 120 cm³/mol. The number of nitrogens with zero attached hydrogens (tertiary/aromatic N) is 3. The number of para-hydroxylation sites is 1. The van der Waals surface area contributed by atoms with Crippen LogP contribution in [-0.4, -0.2) is 31.4 Å². The van der Waals surface area contributed by atoms with Crippen molar-refractivity contribution >= 4 is 57.6 Å². The second kappa shape index (κ2) is 8.51. The second-order valence-electron chi connectivity index (χ2n) is 6.39. The zero-order chi connectivity index (χ0) is 21.3. The average Bonchev–Trinajstić information content (AvgIpc) is 3.18. The van der Waals surface area contributed by atoms with Gasteiger partial charge in [-0.2, -0.15) is 5.10 Å². The summed E-state index contributed by atoms with van der Waals surface area (Å²) < 4.78 is 1.58. The van der Waals surface area contributed by atoms with Gasteiger partial charge in [0.15, 0.2) is 10.8 Å². The minimum absolute atomic E-state index is 0.00845. The molecule has 0 aliphatic rings. The van der Waals surface area contributed by atoms with Crippen LogP contribution in [0.4, 0.5) is 5.69 Å². The van der Waals surface area contributed by atoms with E-state index >= 15 is 0 Å². The fourth-order valence-electron chi connectivity index (χ4n) is 2.81. The number of hydrogen-bond donors (Lipinski definition) is 2. The van der Waals surface area contributed by atoms with Gasteiger partial charge < -0.3 is 10.3 Å². The molecule has 2 aromatic heterocycles. The number of aromatic nitrogens is 4. The minimum Gasteiger partial charge on any atom is -0.323 e. The number of anilines is 1. The van der Waals surface area contributed by atoms with Crippen LogP contribution >= 0.6 is 35.0 Å². The highest BCUT2D eigenvalue weighted by molar-refractivity contribution is 7.99. The van der Waals surface area contributed by atoms with E-state index in [1.54, 1.807) is 16.8 Å². The first kappa shape index (κ1) is 20.5. The summed E-state index contributed by atoms with van der Waals surface area (Å²) in [4.78, 5) is 32.0. The maximum Gasteiger partial charge on any atom is 0.262 e. The molecular weight excluding hydrogens is 445 g/mol. The van der Waals surface area contributed by atoms with Gasteiger partial charge in [-0.05, 0) is 30.7 Å². The number of nitrogens with one attached hydrogen (secondary N) is 2. The van der Waals surface area contributed by atoms with Crippen molar-refractivity contribution in [2.24, 2.45) is 0 Å². The zero-order valence-electron chi connectivity index (χ0n) is 15.6. The molecule has 7 nitrogen and oxygen atoms in total. The Hall–Kier alpha value is -2.81. The van der Waals surface area contributed by atoms with Crippen LogP contribution in [0.3, 0.4) is 0 Å². The first-order valence-corrected chi connectivity index (χ1v) is 10.6. The standard InChI is InChI=1S/C20H15Cl2N5O2S/c1-11-7-8-14(21)17(16(11)22)24-15(28)10-30-20-25-18-13(19(29)26-20)9-23-27(18)12-5-3-2-4-6-12/h2-9H,10H2,1H3,(H,24,28)(H,25,26,29). The Morgan fingerprint density at radius 2 is 1.97 bits per heavy atom. The normalized spacial score (nSPS) is 11.0. The van der Waals surface area contributed by atoms with Crippen LogP contribution < -0.4 is 10.9 Å². The van der Waals surface area contributed by atoms with E-state index in [4.69, 9.17) is 23.2 Å². The maximum atomic E-state index is 12.4. The number of amides is 1. The number of fused-ring (bicyclic) bond motifs is 1. The van der Waals surface area contributed by atoms with E-state index in [1.807, 2.05) is 37.3 Å². The molecule has 30 heavy (non-hydrogen) atoms. The van der Waals surface area contributed by atoms with Crippen LogP contribution in [0.1, 0.15) is 5.56 Å². The third-order valence-electron chi connectivity index (χ3n) is 4.31. The fraction of sp³-hybridized carbons (Fsp3) is 0.100. The predicted octanol–water partition coefficient (Wildman–Crippen LogP) is 4.45. The molecule has 0 saturated heterocycles. The Morgan fingerprint density at radius 3 is 2.73 bits per heavy atom. The maximum absolute atomic E-state index is 12.4. The van der Waals surface area contributed by atoms with Gasteiger partial charge in [0.25, 0.3) is 5.56 Å². The number of carbonyl (C=O) groups excluding carboxylic acids is 1. The number of aromatic amines is 1. The molecule has 0 fully saturated rings. The summed E-state index contributed by atoms with van der Waals surface area (Å²) in [6, 6.07) is 12.8. The van der Waals surface area contributed by atoms with Crippen molar-refractivity contribution in [1.29, 1.82) is 0 Å². The van der Waals surface area contributed by atoms with Crippen LogP contribution in [-0.2, 0) is 4.79 Å². The number of thioether (sulfide) groups is 1. The van der Waals surface area contributed by atoms with E-state index < -0.39 is 0 Å². The number of aryl methyl sites for hydroxylation is 1. The number of rotatable bonds is 5. The molecule has 0 unspecified atom stereocenters. The smallest absolute Gasteiger partial charge is 0.262 e. The Balaban J connectivity index is 1.55. The van der Waals surface area contributed by atoms with Crippen LogP contribution in [0, 0.1) is 6.92 Å². The summed E-state index contributed by atoms with van der Waals surface area (Å²) in [5.41, 5.74) is 2.04. The lowest BCUT2D eigenvalue weighted by molar-refractivity contribution is -0.113. The lowest BCUT2D eigenvalue weighted by atomic mass is 10.2. The Kier molecular flexibility index (Phi) is 5.80. The number of carbonyl (C=O) groups is 1. The van der Waals surface area contributed by atoms with Gasteiger partial charge in [-0.3, -0.25) is 9.59 Å². The molecule has 4 rings (SSSR count). The monoisotopic (exact) mass is 459 g/mol. The Morgan fingerprint density at radius 1 is 1.20 bits per heavy atom. The number of hydrogen-bond acceptors (Lipinski definition) is 5. The third kappa shape index (κ3) is 4.07. The topological polar surface area (TPSA) is 92.7 Å². The fourth-order valence-corrected chi connectivity index (χ4v) is 3.93. The first-order chi connectivity index (χ1) is 14.4. The van der Waals surface area contributed by atoms with Gasteiger partial charge in [0.05, 0.1) is 33.4 Å².